The molecule has 0 bridgehead atoms. The van der Waals surface area contributed by atoms with Crippen LogP contribution >= 0.6 is 0 Å². The highest BCUT2D eigenvalue weighted by Crippen LogP contribution is 2.19. The molecule has 1 fully saturated rings. The number of carbonyl (C=O) groups excluding carboxylic acids is 1. The van der Waals surface area contributed by atoms with Crippen molar-refractivity contribution in [3.8, 4) is 0 Å². The number of piperazine rings is 1. The molecule has 1 saturated heterocycles. The van der Waals surface area contributed by atoms with Gasteiger partial charge < -0.3 is 15.1 Å². The summed E-state index contributed by atoms with van der Waals surface area (Å²) in [6, 6.07) is 14.0. The molecule has 0 spiro atoms. The third-order valence-electron chi connectivity index (χ3n) is 4.28. The van der Waals surface area contributed by atoms with Gasteiger partial charge in [-0.15, -0.1) is 0 Å². The van der Waals surface area contributed by atoms with E-state index < -0.39 is 0 Å². The maximum atomic E-state index is 13.1. The first kappa shape index (κ1) is 17.2. The van der Waals surface area contributed by atoms with Crippen molar-refractivity contribution < 1.29 is 9.18 Å². The third-order valence-corrected chi connectivity index (χ3v) is 4.28. The lowest BCUT2D eigenvalue weighted by atomic mass is 10.2. The number of rotatable bonds is 4. The second-order valence-electron chi connectivity index (χ2n) is 6.21. The lowest BCUT2D eigenvalue weighted by Gasteiger charge is -2.34. The fraction of sp³-hybridized carbons (Fsp3) is 0.250. The fourth-order valence-corrected chi connectivity index (χ4v) is 2.79. The van der Waals surface area contributed by atoms with Crippen molar-refractivity contribution in [3.63, 3.8) is 0 Å². The van der Waals surface area contributed by atoms with Gasteiger partial charge in [0.05, 0.1) is 0 Å². The van der Waals surface area contributed by atoms with Crippen LogP contribution in [0, 0.1) is 5.82 Å². The van der Waals surface area contributed by atoms with Crippen molar-refractivity contribution in [1.82, 2.24) is 4.90 Å². The van der Waals surface area contributed by atoms with Gasteiger partial charge in [0.15, 0.2) is 0 Å². The number of hydrogen-bond donors (Lipinski definition) is 1. The Balaban J connectivity index is 1.56. The van der Waals surface area contributed by atoms with Gasteiger partial charge in [-0.2, -0.15) is 0 Å². The van der Waals surface area contributed by atoms with E-state index in [0.717, 1.165) is 31.9 Å². The summed E-state index contributed by atoms with van der Waals surface area (Å²) in [5, 5.41) is 2.82. The summed E-state index contributed by atoms with van der Waals surface area (Å²) >= 11 is 0. The fourth-order valence-electron chi connectivity index (χ4n) is 2.79. The molecule has 0 radical (unpaired) electrons. The molecule has 1 aliphatic heterocycles. The van der Waals surface area contributed by atoms with E-state index in [2.05, 4.69) is 22.2 Å². The summed E-state index contributed by atoms with van der Waals surface area (Å²) in [4.78, 5) is 16.6. The van der Waals surface area contributed by atoms with E-state index in [9.17, 15) is 9.18 Å². The molecule has 0 saturated carbocycles. The second-order valence-corrected chi connectivity index (χ2v) is 6.21. The highest BCUT2D eigenvalue weighted by atomic mass is 19.1. The van der Waals surface area contributed by atoms with Gasteiger partial charge >= 0.3 is 0 Å². The molecule has 1 heterocycles. The second kappa shape index (κ2) is 7.94. The van der Waals surface area contributed by atoms with Crippen LogP contribution in [0.2, 0.25) is 0 Å². The minimum Gasteiger partial charge on any atom is -0.369 e. The van der Waals surface area contributed by atoms with Crippen molar-refractivity contribution in [2.24, 2.45) is 0 Å². The van der Waals surface area contributed by atoms with Crippen molar-refractivity contribution in [2.45, 2.75) is 0 Å². The monoisotopic (exact) mass is 339 g/mol. The molecular formula is C20H22FN3O. The molecule has 5 heteroatoms. The van der Waals surface area contributed by atoms with Crippen molar-refractivity contribution in [2.75, 3.05) is 43.4 Å². The summed E-state index contributed by atoms with van der Waals surface area (Å²) in [7, 11) is 2.13. The Morgan fingerprint density at radius 3 is 2.48 bits per heavy atom. The molecule has 2 aromatic carbocycles. The van der Waals surface area contributed by atoms with E-state index >= 15 is 0 Å². The molecule has 130 valence electrons. The molecule has 25 heavy (non-hydrogen) atoms. The molecule has 0 atom stereocenters. The molecule has 1 amide bonds. The lowest BCUT2D eigenvalue weighted by Crippen LogP contribution is -2.44. The minimum absolute atomic E-state index is 0.239. The molecule has 3 rings (SSSR count). The standard InChI is InChI=1S/C20H22FN3O/c1-23-11-13-24(14-12-23)19-8-6-18(7-9-19)22-20(25)10-5-16-3-2-4-17(21)15-16/h2-10,15H,11-14H2,1H3,(H,22,25)/b10-5+. The van der Waals surface area contributed by atoms with Crippen LogP contribution in [-0.4, -0.2) is 44.0 Å². The molecule has 0 aliphatic carbocycles. The molecule has 2 aromatic rings. The molecule has 0 aromatic heterocycles. The zero-order valence-electron chi connectivity index (χ0n) is 14.3. The largest absolute Gasteiger partial charge is 0.369 e. The first-order valence-electron chi connectivity index (χ1n) is 8.38. The normalized spacial score (nSPS) is 15.5. The Bertz CT molecular complexity index is 750. The zero-order valence-corrected chi connectivity index (χ0v) is 14.3. The van der Waals surface area contributed by atoms with Gasteiger partial charge in [-0.1, -0.05) is 12.1 Å². The minimum atomic E-state index is -0.318. The van der Waals surface area contributed by atoms with Crippen LogP contribution in [0.1, 0.15) is 5.56 Å². The first-order chi connectivity index (χ1) is 12.1. The van der Waals surface area contributed by atoms with E-state index in [1.54, 1.807) is 18.2 Å². The molecule has 1 aliphatic rings. The molecule has 1 N–H and O–H groups in total. The van der Waals surface area contributed by atoms with E-state index in [1.807, 2.05) is 24.3 Å². The highest BCUT2D eigenvalue weighted by molar-refractivity contribution is 6.02. The maximum Gasteiger partial charge on any atom is 0.248 e. The van der Waals surface area contributed by atoms with Crippen LogP contribution in [0.15, 0.2) is 54.6 Å². The first-order valence-corrected chi connectivity index (χ1v) is 8.38. The van der Waals surface area contributed by atoms with Crippen molar-refractivity contribution in [1.29, 1.82) is 0 Å². The summed E-state index contributed by atoms with van der Waals surface area (Å²) in [6.07, 6.45) is 3.00. The predicted octanol–water partition coefficient (Wildman–Crippen LogP) is 3.23. The Kier molecular flexibility index (Phi) is 5.46. The average molecular weight is 339 g/mol. The van der Waals surface area contributed by atoms with E-state index in [-0.39, 0.29) is 11.7 Å². The number of anilines is 2. The molecule has 0 unspecified atom stereocenters. The van der Waals surface area contributed by atoms with Gasteiger partial charge in [0.2, 0.25) is 5.91 Å². The number of benzene rings is 2. The maximum absolute atomic E-state index is 13.1. The summed E-state index contributed by atoms with van der Waals surface area (Å²) in [5.74, 6) is -0.557. The van der Waals surface area contributed by atoms with Gasteiger partial charge in [-0.3, -0.25) is 4.79 Å². The number of likely N-dealkylation sites (N-methyl/N-ethyl adjacent to an activating group) is 1. The number of carbonyl (C=O) groups is 1. The number of nitrogens with zero attached hydrogens (tertiary/aromatic N) is 2. The van der Waals surface area contributed by atoms with Crippen molar-refractivity contribution >= 4 is 23.4 Å². The third kappa shape index (κ3) is 4.90. The van der Waals surface area contributed by atoms with Gasteiger partial charge in [0.1, 0.15) is 5.82 Å². The number of halogens is 1. The van der Waals surface area contributed by atoms with Crippen LogP contribution in [-0.2, 0) is 4.79 Å². The van der Waals surface area contributed by atoms with E-state index in [0.29, 0.717) is 5.56 Å². The summed E-state index contributed by atoms with van der Waals surface area (Å²) < 4.78 is 13.1. The average Bonchev–Trinajstić information content (AvgIpc) is 2.62. The number of nitrogens with one attached hydrogen (secondary N) is 1. The lowest BCUT2D eigenvalue weighted by molar-refractivity contribution is -0.111. The Morgan fingerprint density at radius 2 is 1.80 bits per heavy atom. The van der Waals surface area contributed by atoms with Gasteiger partial charge in [-0.25, -0.2) is 4.39 Å². The van der Waals surface area contributed by atoms with Crippen LogP contribution < -0.4 is 10.2 Å². The quantitative estimate of drug-likeness (QED) is 0.869. The highest BCUT2D eigenvalue weighted by Gasteiger charge is 2.13. The number of amides is 1. The Labute approximate surface area is 147 Å². The molecule has 4 nitrogen and oxygen atoms in total. The Morgan fingerprint density at radius 1 is 1.08 bits per heavy atom. The SMILES string of the molecule is CN1CCN(c2ccc(NC(=O)/C=C/c3cccc(F)c3)cc2)CC1. The van der Waals surface area contributed by atoms with Crippen molar-refractivity contribution in [3.05, 3.63) is 66.0 Å². The number of hydrogen-bond acceptors (Lipinski definition) is 3. The van der Waals surface area contributed by atoms with Crippen LogP contribution in [0.5, 0.6) is 0 Å². The van der Waals surface area contributed by atoms with Crippen LogP contribution in [0.4, 0.5) is 15.8 Å². The topological polar surface area (TPSA) is 35.6 Å². The molecular weight excluding hydrogens is 317 g/mol. The Hall–Kier alpha value is -2.66. The predicted molar refractivity (Wildman–Crippen MR) is 100 cm³/mol. The van der Waals surface area contributed by atoms with Crippen LogP contribution in [0.25, 0.3) is 6.08 Å². The van der Waals surface area contributed by atoms with Gasteiger partial charge in [-0.05, 0) is 55.1 Å². The van der Waals surface area contributed by atoms with E-state index in [1.165, 1.54) is 23.9 Å². The summed E-state index contributed by atoms with van der Waals surface area (Å²) in [5.41, 5.74) is 2.56. The smallest absolute Gasteiger partial charge is 0.248 e. The van der Waals surface area contributed by atoms with Gasteiger partial charge in [0.25, 0.3) is 0 Å². The summed E-state index contributed by atoms with van der Waals surface area (Å²) in [6.45, 7) is 4.14. The zero-order chi connectivity index (χ0) is 17.6. The van der Waals surface area contributed by atoms with Crippen LogP contribution in [0.3, 0.4) is 0 Å². The van der Waals surface area contributed by atoms with Gasteiger partial charge in [0, 0.05) is 43.6 Å². The van der Waals surface area contributed by atoms with E-state index in [4.69, 9.17) is 0 Å².